The van der Waals surface area contributed by atoms with Crippen LogP contribution in [0.15, 0.2) is 30.3 Å². The number of benzene rings is 2. The number of amides is 2. The van der Waals surface area contributed by atoms with Crippen molar-refractivity contribution in [1.82, 2.24) is 5.32 Å². The first-order chi connectivity index (χ1) is 17.7. The molecule has 0 aromatic heterocycles. The summed E-state index contributed by atoms with van der Waals surface area (Å²) in [4.78, 5) is 47.8. The minimum absolute atomic E-state index is 0.0659. The van der Waals surface area contributed by atoms with E-state index in [1.165, 1.54) is 0 Å². The number of carbonyl (C=O) groups excluding carboxylic acids is 2. The summed E-state index contributed by atoms with van der Waals surface area (Å²) in [6, 6.07) is 8.56. The predicted octanol–water partition coefficient (Wildman–Crippen LogP) is 5.86. The van der Waals surface area contributed by atoms with Gasteiger partial charge in [0.2, 0.25) is 0 Å². The molecular formula is C30H37NO7. The average molecular weight is 524 g/mol. The van der Waals surface area contributed by atoms with Gasteiger partial charge in [-0.05, 0) is 65.8 Å². The SMILES string of the molecule is CC(C)(C)CC(C)(C)c1ccc(OCCCCCCc2ccc3c(c2)C(=O)NC3=O)c(C(=O)O)c1C(=O)O. The van der Waals surface area contributed by atoms with Crippen molar-refractivity contribution in [2.24, 2.45) is 5.41 Å². The molecule has 0 aliphatic carbocycles. The lowest BCUT2D eigenvalue weighted by Gasteiger charge is -2.34. The predicted molar refractivity (Wildman–Crippen MR) is 143 cm³/mol. The zero-order valence-electron chi connectivity index (χ0n) is 22.8. The molecule has 0 spiro atoms. The monoisotopic (exact) mass is 523 g/mol. The molecule has 8 nitrogen and oxygen atoms in total. The Hall–Kier alpha value is -3.68. The van der Waals surface area contributed by atoms with Crippen LogP contribution in [0.4, 0.5) is 0 Å². The van der Waals surface area contributed by atoms with E-state index in [2.05, 4.69) is 26.1 Å². The van der Waals surface area contributed by atoms with Crippen molar-refractivity contribution in [2.75, 3.05) is 6.61 Å². The minimum Gasteiger partial charge on any atom is -0.493 e. The van der Waals surface area contributed by atoms with Crippen LogP contribution >= 0.6 is 0 Å². The number of carboxylic acid groups (broad SMARTS) is 2. The molecule has 2 aromatic rings. The summed E-state index contributed by atoms with van der Waals surface area (Å²) in [6.45, 7) is 10.3. The molecule has 2 amide bonds. The van der Waals surface area contributed by atoms with Gasteiger partial charge in [-0.3, -0.25) is 14.9 Å². The second-order valence-corrected chi connectivity index (χ2v) is 11.8. The van der Waals surface area contributed by atoms with Crippen LogP contribution in [0.3, 0.4) is 0 Å². The maximum Gasteiger partial charge on any atom is 0.340 e. The number of nitrogens with one attached hydrogen (secondary N) is 1. The number of hydrogen-bond acceptors (Lipinski definition) is 5. The van der Waals surface area contributed by atoms with Gasteiger partial charge in [0.15, 0.2) is 0 Å². The molecule has 1 aliphatic heterocycles. The van der Waals surface area contributed by atoms with E-state index in [0.717, 1.165) is 31.2 Å². The maximum absolute atomic E-state index is 12.2. The van der Waals surface area contributed by atoms with Gasteiger partial charge in [0.05, 0.1) is 23.3 Å². The molecule has 0 saturated carbocycles. The Bertz CT molecular complexity index is 1250. The van der Waals surface area contributed by atoms with Gasteiger partial charge in [0.1, 0.15) is 11.3 Å². The number of carbonyl (C=O) groups is 4. The molecule has 0 fully saturated rings. The van der Waals surface area contributed by atoms with E-state index in [-0.39, 0.29) is 40.7 Å². The number of rotatable bonds is 12. The van der Waals surface area contributed by atoms with Crippen LogP contribution in [0.2, 0.25) is 0 Å². The Morgan fingerprint density at radius 2 is 1.45 bits per heavy atom. The second-order valence-electron chi connectivity index (χ2n) is 11.8. The highest BCUT2D eigenvalue weighted by atomic mass is 16.5. The lowest BCUT2D eigenvalue weighted by Crippen LogP contribution is -2.28. The van der Waals surface area contributed by atoms with Crippen molar-refractivity contribution in [3.8, 4) is 5.75 Å². The van der Waals surface area contributed by atoms with Gasteiger partial charge in [-0.2, -0.15) is 0 Å². The zero-order valence-corrected chi connectivity index (χ0v) is 22.8. The van der Waals surface area contributed by atoms with Gasteiger partial charge in [-0.25, -0.2) is 9.59 Å². The van der Waals surface area contributed by atoms with Crippen LogP contribution in [0.5, 0.6) is 5.75 Å². The summed E-state index contributed by atoms with van der Waals surface area (Å²) in [5, 5.41) is 22.2. The normalized spacial score (nSPS) is 13.3. The van der Waals surface area contributed by atoms with E-state index < -0.39 is 17.4 Å². The summed E-state index contributed by atoms with van der Waals surface area (Å²) >= 11 is 0. The maximum atomic E-state index is 12.2. The van der Waals surface area contributed by atoms with Crippen LogP contribution in [-0.2, 0) is 11.8 Å². The molecule has 38 heavy (non-hydrogen) atoms. The Kier molecular flexibility index (Phi) is 8.65. The van der Waals surface area contributed by atoms with Crippen molar-refractivity contribution in [1.29, 1.82) is 0 Å². The second kappa shape index (κ2) is 11.4. The molecule has 2 aromatic carbocycles. The summed E-state index contributed by atoms with van der Waals surface area (Å²) in [6.07, 6.45) is 4.75. The lowest BCUT2D eigenvalue weighted by molar-refractivity contribution is 0.0644. The van der Waals surface area contributed by atoms with Crippen LogP contribution in [0.25, 0.3) is 0 Å². The fraction of sp³-hybridized carbons (Fsp3) is 0.467. The zero-order chi connectivity index (χ0) is 28.3. The number of fused-ring (bicyclic) bond motifs is 1. The van der Waals surface area contributed by atoms with Gasteiger partial charge in [-0.15, -0.1) is 0 Å². The minimum atomic E-state index is -1.32. The van der Waals surface area contributed by atoms with E-state index in [1.807, 2.05) is 19.9 Å². The number of unbranched alkanes of at least 4 members (excludes halogenated alkanes) is 3. The number of ether oxygens (including phenoxy) is 1. The first kappa shape index (κ1) is 28.9. The lowest BCUT2D eigenvalue weighted by atomic mass is 9.70. The number of aryl methyl sites for hydroxylation is 1. The summed E-state index contributed by atoms with van der Waals surface area (Å²) < 4.78 is 5.77. The molecule has 204 valence electrons. The molecule has 0 saturated heterocycles. The third-order valence-electron chi connectivity index (χ3n) is 6.71. The van der Waals surface area contributed by atoms with E-state index in [4.69, 9.17) is 4.74 Å². The fourth-order valence-corrected chi connectivity index (χ4v) is 5.46. The Balaban J connectivity index is 1.59. The number of aromatic carboxylic acids is 2. The quantitative estimate of drug-likeness (QED) is 0.235. The number of hydrogen-bond donors (Lipinski definition) is 3. The fourth-order valence-electron chi connectivity index (χ4n) is 5.46. The van der Waals surface area contributed by atoms with E-state index >= 15 is 0 Å². The standard InChI is InChI=1S/C30H37NO7/c1-29(2,3)17-30(4,5)21-13-14-22(24(28(36)37)23(21)27(34)35)38-15-9-7-6-8-10-18-11-12-19-20(16-18)26(33)31-25(19)32/h11-14,16H,6-10,15,17H2,1-5H3,(H,34,35)(H,36,37)(H,31,32,33). The van der Waals surface area contributed by atoms with Crippen molar-refractivity contribution in [2.45, 2.75) is 78.6 Å². The molecule has 0 radical (unpaired) electrons. The van der Waals surface area contributed by atoms with Gasteiger partial charge in [-0.1, -0.05) is 59.6 Å². The first-order valence-corrected chi connectivity index (χ1v) is 13.0. The molecule has 8 heteroatoms. The third kappa shape index (κ3) is 6.79. The molecule has 0 unspecified atom stereocenters. The highest BCUT2D eigenvalue weighted by Crippen LogP contribution is 2.40. The molecule has 1 aliphatic rings. The Morgan fingerprint density at radius 3 is 2.08 bits per heavy atom. The molecule has 3 N–H and O–H groups in total. The van der Waals surface area contributed by atoms with Gasteiger partial charge < -0.3 is 14.9 Å². The molecule has 0 atom stereocenters. The third-order valence-corrected chi connectivity index (χ3v) is 6.71. The summed E-state index contributed by atoms with van der Waals surface area (Å²) in [7, 11) is 0. The Morgan fingerprint density at radius 1 is 0.816 bits per heavy atom. The summed E-state index contributed by atoms with van der Waals surface area (Å²) in [5.74, 6) is -3.26. The van der Waals surface area contributed by atoms with Gasteiger partial charge in [0, 0.05) is 0 Å². The van der Waals surface area contributed by atoms with E-state index in [1.54, 1.807) is 24.3 Å². The first-order valence-electron chi connectivity index (χ1n) is 13.0. The molecule has 1 heterocycles. The van der Waals surface area contributed by atoms with Crippen molar-refractivity contribution < 1.29 is 34.1 Å². The van der Waals surface area contributed by atoms with E-state index in [0.29, 0.717) is 29.5 Å². The van der Waals surface area contributed by atoms with Crippen LogP contribution in [0.1, 0.15) is 119 Å². The van der Waals surface area contributed by atoms with Crippen LogP contribution in [-0.4, -0.2) is 40.6 Å². The number of carboxylic acids is 2. The van der Waals surface area contributed by atoms with Crippen LogP contribution < -0.4 is 10.1 Å². The highest BCUT2D eigenvalue weighted by Gasteiger charge is 2.35. The largest absolute Gasteiger partial charge is 0.493 e. The van der Waals surface area contributed by atoms with E-state index in [9.17, 15) is 29.4 Å². The smallest absolute Gasteiger partial charge is 0.340 e. The topological polar surface area (TPSA) is 130 Å². The number of imide groups is 1. The molecule has 3 rings (SSSR count). The molecule has 0 bridgehead atoms. The van der Waals surface area contributed by atoms with Crippen molar-refractivity contribution in [3.05, 3.63) is 63.7 Å². The van der Waals surface area contributed by atoms with Crippen LogP contribution in [0, 0.1) is 5.41 Å². The highest BCUT2D eigenvalue weighted by molar-refractivity contribution is 6.21. The summed E-state index contributed by atoms with van der Waals surface area (Å²) in [5.41, 5.74) is 1.16. The van der Waals surface area contributed by atoms with Gasteiger partial charge >= 0.3 is 11.9 Å². The van der Waals surface area contributed by atoms with Crippen molar-refractivity contribution in [3.63, 3.8) is 0 Å². The Labute approximate surface area is 223 Å². The van der Waals surface area contributed by atoms with Gasteiger partial charge in [0.25, 0.3) is 11.8 Å². The van der Waals surface area contributed by atoms with Crippen molar-refractivity contribution >= 4 is 23.8 Å². The average Bonchev–Trinajstić information content (AvgIpc) is 3.08. The molecular weight excluding hydrogens is 486 g/mol.